The molecule has 6 heteroatoms. The molecule has 3 N–H and O–H groups in total. The number of aromatic nitrogens is 1. The molecule has 2 rings (SSSR count). The Hall–Kier alpha value is -1.65. The van der Waals surface area contributed by atoms with Crippen LogP contribution in [0.5, 0.6) is 11.5 Å². The summed E-state index contributed by atoms with van der Waals surface area (Å²) in [4.78, 5) is 14.3. The second-order valence-corrected chi connectivity index (χ2v) is 5.50. The van der Waals surface area contributed by atoms with E-state index in [0.717, 1.165) is 0 Å². The molecule has 0 spiro atoms. The van der Waals surface area contributed by atoms with Crippen molar-refractivity contribution in [3.63, 3.8) is 0 Å². The molecule has 0 aliphatic heterocycles. The maximum absolute atomic E-state index is 11.7. The van der Waals surface area contributed by atoms with Crippen LogP contribution in [-0.2, 0) is 0 Å². The molecular formula is C14H14Cl2N2O2. The van der Waals surface area contributed by atoms with Crippen LogP contribution in [0.4, 0.5) is 5.69 Å². The predicted molar refractivity (Wildman–Crippen MR) is 82.1 cm³/mol. The van der Waals surface area contributed by atoms with Crippen LogP contribution in [0.15, 0.2) is 29.2 Å². The third-order valence-electron chi connectivity index (χ3n) is 2.77. The van der Waals surface area contributed by atoms with Crippen LogP contribution >= 0.6 is 23.2 Å². The summed E-state index contributed by atoms with van der Waals surface area (Å²) in [6.45, 7) is 3.86. The topological polar surface area (TPSA) is 68.1 Å². The molecule has 106 valence electrons. The molecule has 1 aromatic carbocycles. The lowest BCUT2D eigenvalue weighted by Gasteiger charge is -2.12. The summed E-state index contributed by atoms with van der Waals surface area (Å²) in [5, 5.41) is 0.625. The first kappa shape index (κ1) is 14.8. The monoisotopic (exact) mass is 312 g/mol. The molecular weight excluding hydrogens is 299 g/mol. The van der Waals surface area contributed by atoms with Crippen LogP contribution in [-0.4, -0.2) is 4.98 Å². The number of nitrogen functional groups attached to an aromatic ring is 1. The van der Waals surface area contributed by atoms with Crippen molar-refractivity contribution in [2.24, 2.45) is 0 Å². The summed E-state index contributed by atoms with van der Waals surface area (Å²) in [5.74, 6) is 0.853. The van der Waals surface area contributed by atoms with Crippen molar-refractivity contribution in [2.45, 2.75) is 19.8 Å². The molecule has 0 bridgehead atoms. The minimum atomic E-state index is -0.137. The Balaban J connectivity index is 2.41. The van der Waals surface area contributed by atoms with Gasteiger partial charge in [0.1, 0.15) is 5.75 Å². The second kappa shape index (κ2) is 5.77. The SMILES string of the molecule is CC(C)c1cc(Oc2c(Cl)cc(N)cc2Cl)c[nH]c1=O. The van der Waals surface area contributed by atoms with Crippen molar-refractivity contribution in [1.82, 2.24) is 4.98 Å². The third-order valence-corrected chi connectivity index (χ3v) is 3.33. The minimum Gasteiger partial charge on any atom is -0.453 e. The highest BCUT2D eigenvalue weighted by Gasteiger charge is 2.12. The van der Waals surface area contributed by atoms with Gasteiger partial charge in [-0.1, -0.05) is 37.0 Å². The van der Waals surface area contributed by atoms with E-state index in [-0.39, 0.29) is 11.5 Å². The quantitative estimate of drug-likeness (QED) is 0.835. The summed E-state index contributed by atoms with van der Waals surface area (Å²) in [6.07, 6.45) is 1.47. The molecule has 20 heavy (non-hydrogen) atoms. The molecule has 1 aromatic heterocycles. The van der Waals surface area contributed by atoms with Crippen LogP contribution in [0, 0.1) is 0 Å². The van der Waals surface area contributed by atoms with E-state index >= 15 is 0 Å². The van der Waals surface area contributed by atoms with Crippen molar-refractivity contribution in [2.75, 3.05) is 5.73 Å². The summed E-state index contributed by atoms with van der Waals surface area (Å²) in [5.41, 5.74) is 6.58. The van der Waals surface area contributed by atoms with Crippen molar-refractivity contribution in [1.29, 1.82) is 0 Å². The van der Waals surface area contributed by atoms with Crippen LogP contribution in [0.2, 0.25) is 10.0 Å². The lowest BCUT2D eigenvalue weighted by Crippen LogP contribution is -2.13. The maximum atomic E-state index is 11.7. The summed E-state index contributed by atoms with van der Waals surface area (Å²) >= 11 is 12.1. The summed E-state index contributed by atoms with van der Waals surface area (Å²) in [6, 6.07) is 4.78. The number of benzene rings is 1. The van der Waals surface area contributed by atoms with E-state index < -0.39 is 0 Å². The Morgan fingerprint density at radius 1 is 1.20 bits per heavy atom. The van der Waals surface area contributed by atoms with Crippen molar-refractivity contribution in [3.05, 3.63) is 50.4 Å². The molecule has 0 aliphatic rings. The number of aromatic amines is 1. The Labute approximate surface area is 126 Å². The average Bonchev–Trinajstić information content (AvgIpc) is 2.35. The highest BCUT2D eigenvalue weighted by atomic mass is 35.5. The molecule has 0 saturated heterocycles. The molecule has 0 radical (unpaired) electrons. The van der Waals surface area contributed by atoms with Gasteiger partial charge in [-0.05, 0) is 24.1 Å². The number of rotatable bonds is 3. The minimum absolute atomic E-state index is 0.0830. The molecule has 0 saturated carbocycles. The van der Waals surface area contributed by atoms with E-state index in [4.69, 9.17) is 33.7 Å². The number of hydrogen-bond donors (Lipinski definition) is 2. The number of ether oxygens (including phenoxy) is 1. The van der Waals surface area contributed by atoms with E-state index in [2.05, 4.69) is 4.98 Å². The van der Waals surface area contributed by atoms with Gasteiger partial charge in [-0.3, -0.25) is 4.79 Å². The van der Waals surface area contributed by atoms with Gasteiger partial charge in [0.25, 0.3) is 5.56 Å². The van der Waals surface area contributed by atoms with Crippen LogP contribution in [0.25, 0.3) is 0 Å². The molecule has 0 unspecified atom stereocenters. The van der Waals surface area contributed by atoms with Crippen molar-refractivity contribution >= 4 is 28.9 Å². The largest absolute Gasteiger partial charge is 0.453 e. The highest BCUT2D eigenvalue weighted by Crippen LogP contribution is 2.38. The van der Waals surface area contributed by atoms with Gasteiger partial charge in [-0.15, -0.1) is 0 Å². The smallest absolute Gasteiger partial charge is 0.251 e. The first-order valence-electron chi connectivity index (χ1n) is 6.03. The molecule has 0 amide bonds. The first-order chi connectivity index (χ1) is 9.38. The van der Waals surface area contributed by atoms with Gasteiger partial charge in [0, 0.05) is 17.4 Å². The Morgan fingerprint density at radius 2 is 1.80 bits per heavy atom. The average molecular weight is 313 g/mol. The van der Waals surface area contributed by atoms with Gasteiger partial charge in [-0.25, -0.2) is 0 Å². The Bertz CT molecular complexity index is 673. The fourth-order valence-electron chi connectivity index (χ4n) is 1.76. The third kappa shape index (κ3) is 3.08. The molecule has 0 atom stereocenters. The molecule has 0 aliphatic carbocycles. The van der Waals surface area contributed by atoms with Gasteiger partial charge >= 0.3 is 0 Å². The van der Waals surface area contributed by atoms with E-state index in [1.54, 1.807) is 18.2 Å². The normalized spacial score (nSPS) is 10.8. The number of hydrogen-bond acceptors (Lipinski definition) is 3. The number of nitrogens with two attached hydrogens (primary N) is 1. The number of H-pyrrole nitrogens is 1. The number of pyridine rings is 1. The maximum Gasteiger partial charge on any atom is 0.251 e. The zero-order valence-corrected chi connectivity index (χ0v) is 12.5. The number of nitrogens with one attached hydrogen (secondary N) is 1. The summed E-state index contributed by atoms with van der Waals surface area (Å²) < 4.78 is 5.65. The van der Waals surface area contributed by atoms with Gasteiger partial charge in [-0.2, -0.15) is 0 Å². The highest BCUT2D eigenvalue weighted by molar-refractivity contribution is 6.37. The van der Waals surface area contributed by atoms with Gasteiger partial charge in [0.05, 0.1) is 10.0 Å². The zero-order valence-electron chi connectivity index (χ0n) is 11.0. The fraction of sp³-hybridized carbons (Fsp3) is 0.214. The number of halogens is 2. The van der Waals surface area contributed by atoms with Crippen LogP contribution in [0.1, 0.15) is 25.3 Å². The van der Waals surface area contributed by atoms with Gasteiger partial charge < -0.3 is 15.5 Å². The van der Waals surface area contributed by atoms with E-state index in [1.807, 2.05) is 13.8 Å². The lowest BCUT2D eigenvalue weighted by atomic mass is 10.1. The molecule has 4 nitrogen and oxygen atoms in total. The van der Waals surface area contributed by atoms with E-state index in [0.29, 0.717) is 32.8 Å². The Morgan fingerprint density at radius 3 is 2.35 bits per heavy atom. The first-order valence-corrected chi connectivity index (χ1v) is 6.79. The number of anilines is 1. The van der Waals surface area contributed by atoms with Gasteiger partial charge in [0.15, 0.2) is 5.75 Å². The molecule has 0 fully saturated rings. The standard InChI is InChI=1S/C14H14Cl2N2O2/c1-7(2)10-5-9(6-18-14(10)19)20-13-11(15)3-8(17)4-12(13)16/h3-7H,17H2,1-2H3,(H,18,19). The lowest BCUT2D eigenvalue weighted by molar-refractivity contribution is 0.479. The van der Waals surface area contributed by atoms with Gasteiger partial charge in [0.2, 0.25) is 0 Å². The zero-order chi connectivity index (χ0) is 14.9. The van der Waals surface area contributed by atoms with Crippen LogP contribution in [0.3, 0.4) is 0 Å². The molecule has 1 heterocycles. The predicted octanol–water partition coefficient (Wildman–Crippen LogP) is 4.18. The second-order valence-electron chi connectivity index (χ2n) is 4.69. The van der Waals surface area contributed by atoms with Crippen molar-refractivity contribution < 1.29 is 4.74 Å². The molecule has 2 aromatic rings. The summed E-state index contributed by atoms with van der Waals surface area (Å²) in [7, 11) is 0. The van der Waals surface area contributed by atoms with E-state index in [9.17, 15) is 4.79 Å². The van der Waals surface area contributed by atoms with Crippen LogP contribution < -0.4 is 16.0 Å². The fourth-order valence-corrected chi connectivity index (χ4v) is 2.34. The Kier molecular flexibility index (Phi) is 4.26. The van der Waals surface area contributed by atoms with Crippen molar-refractivity contribution in [3.8, 4) is 11.5 Å². The van der Waals surface area contributed by atoms with E-state index in [1.165, 1.54) is 6.20 Å².